The van der Waals surface area contributed by atoms with E-state index in [0.29, 0.717) is 12.8 Å². The van der Waals surface area contributed by atoms with Crippen molar-refractivity contribution in [1.29, 1.82) is 5.26 Å². The summed E-state index contributed by atoms with van der Waals surface area (Å²) in [5.41, 5.74) is -0.0441. The predicted molar refractivity (Wildman–Crippen MR) is 73.4 cm³/mol. The van der Waals surface area contributed by atoms with Gasteiger partial charge in [0.25, 0.3) is 0 Å². The van der Waals surface area contributed by atoms with Gasteiger partial charge >= 0.3 is 0 Å². The summed E-state index contributed by atoms with van der Waals surface area (Å²) in [7, 11) is 0. The van der Waals surface area contributed by atoms with Gasteiger partial charge in [0.2, 0.25) is 5.91 Å². The number of carbonyl (C=O) groups is 1. The Bertz CT molecular complexity index is 470. The van der Waals surface area contributed by atoms with Gasteiger partial charge in [0, 0.05) is 10.6 Å². The Morgan fingerprint density at radius 3 is 2.44 bits per heavy atom. The Morgan fingerprint density at radius 1 is 1.33 bits per heavy atom. The molecule has 0 radical (unpaired) electrons. The lowest BCUT2D eigenvalue weighted by Gasteiger charge is -2.19. The number of thioether (sulfide) groups is 1. The van der Waals surface area contributed by atoms with Gasteiger partial charge in [0.15, 0.2) is 0 Å². The average molecular weight is 260 g/mol. The highest BCUT2D eigenvalue weighted by Gasteiger charge is 2.41. The third-order valence-electron chi connectivity index (χ3n) is 3.45. The maximum Gasteiger partial charge on any atom is 0.244 e. The predicted octanol–water partition coefficient (Wildman–Crippen LogP) is 3.43. The summed E-state index contributed by atoms with van der Waals surface area (Å²) < 4.78 is 0. The normalized spacial score (nSPS) is 17.1. The zero-order valence-electron chi connectivity index (χ0n) is 10.4. The summed E-state index contributed by atoms with van der Waals surface area (Å²) in [6.07, 6.45) is 5.30. The van der Waals surface area contributed by atoms with E-state index in [1.165, 1.54) is 0 Å². The molecule has 1 saturated carbocycles. The fourth-order valence-electron chi connectivity index (χ4n) is 2.29. The van der Waals surface area contributed by atoms with E-state index >= 15 is 0 Å². The molecular weight excluding hydrogens is 244 g/mol. The lowest BCUT2D eigenvalue weighted by Crippen LogP contribution is -2.32. The molecular formula is C14H16N2OS. The van der Waals surface area contributed by atoms with Crippen LogP contribution in [0.25, 0.3) is 0 Å². The van der Waals surface area contributed by atoms with Gasteiger partial charge in [-0.15, -0.1) is 11.8 Å². The third-order valence-corrected chi connectivity index (χ3v) is 4.20. The molecule has 0 spiro atoms. The van der Waals surface area contributed by atoms with Crippen molar-refractivity contribution in [2.75, 3.05) is 11.6 Å². The van der Waals surface area contributed by atoms with E-state index in [9.17, 15) is 10.1 Å². The second-order valence-corrected chi connectivity index (χ2v) is 5.46. The largest absolute Gasteiger partial charge is 0.325 e. The van der Waals surface area contributed by atoms with Crippen molar-refractivity contribution in [1.82, 2.24) is 0 Å². The monoisotopic (exact) mass is 260 g/mol. The Labute approximate surface area is 112 Å². The number of nitriles is 1. The van der Waals surface area contributed by atoms with Crippen molar-refractivity contribution in [2.45, 2.75) is 30.6 Å². The molecule has 0 bridgehead atoms. The van der Waals surface area contributed by atoms with Gasteiger partial charge in [-0.3, -0.25) is 4.79 Å². The quantitative estimate of drug-likeness (QED) is 0.847. The summed E-state index contributed by atoms with van der Waals surface area (Å²) in [6, 6.07) is 9.89. The van der Waals surface area contributed by atoms with E-state index in [1.54, 1.807) is 11.8 Å². The van der Waals surface area contributed by atoms with Gasteiger partial charge < -0.3 is 5.32 Å². The zero-order chi connectivity index (χ0) is 13.0. The highest BCUT2D eigenvalue weighted by Crippen LogP contribution is 2.38. The van der Waals surface area contributed by atoms with Crippen LogP contribution in [0.1, 0.15) is 25.7 Å². The number of rotatable bonds is 3. The van der Waals surface area contributed by atoms with E-state index in [4.69, 9.17) is 0 Å². The molecule has 0 heterocycles. The number of nitrogens with zero attached hydrogens (tertiary/aromatic N) is 1. The van der Waals surface area contributed by atoms with Crippen LogP contribution in [-0.2, 0) is 4.79 Å². The number of carbonyl (C=O) groups excluding carboxylic acids is 1. The first-order valence-electron chi connectivity index (χ1n) is 6.07. The number of amides is 1. The Balaban J connectivity index is 2.08. The van der Waals surface area contributed by atoms with Crippen LogP contribution in [0.4, 0.5) is 5.69 Å². The summed E-state index contributed by atoms with van der Waals surface area (Å²) in [5, 5.41) is 12.1. The maximum atomic E-state index is 12.2. The smallest absolute Gasteiger partial charge is 0.244 e. The van der Waals surface area contributed by atoms with Crippen LogP contribution in [-0.4, -0.2) is 12.2 Å². The van der Waals surface area contributed by atoms with E-state index < -0.39 is 5.41 Å². The third kappa shape index (κ3) is 2.51. The molecule has 1 aromatic rings. The van der Waals surface area contributed by atoms with Crippen molar-refractivity contribution in [2.24, 2.45) is 5.41 Å². The molecule has 1 N–H and O–H groups in total. The van der Waals surface area contributed by atoms with E-state index in [1.807, 2.05) is 30.5 Å². The molecule has 94 valence electrons. The molecule has 2 rings (SSSR count). The Hall–Kier alpha value is -1.47. The summed E-state index contributed by atoms with van der Waals surface area (Å²) >= 11 is 1.66. The minimum absolute atomic E-state index is 0.153. The van der Waals surface area contributed by atoms with Gasteiger partial charge in [0.05, 0.1) is 6.07 Å². The second kappa shape index (κ2) is 5.45. The molecule has 0 aromatic heterocycles. The number of hydrogen-bond acceptors (Lipinski definition) is 3. The van der Waals surface area contributed by atoms with Gasteiger partial charge in [-0.25, -0.2) is 0 Å². The van der Waals surface area contributed by atoms with Crippen LogP contribution in [0, 0.1) is 16.7 Å². The van der Waals surface area contributed by atoms with Gasteiger partial charge in [0.1, 0.15) is 5.41 Å². The minimum atomic E-state index is -0.807. The van der Waals surface area contributed by atoms with Gasteiger partial charge in [-0.05, 0) is 43.4 Å². The van der Waals surface area contributed by atoms with Crippen molar-refractivity contribution in [3.05, 3.63) is 24.3 Å². The number of nitrogens with one attached hydrogen (secondary N) is 1. The number of anilines is 1. The molecule has 1 amide bonds. The van der Waals surface area contributed by atoms with Crippen LogP contribution >= 0.6 is 11.8 Å². The van der Waals surface area contributed by atoms with Crippen LogP contribution < -0.4 is 5.32 Å². The molecule has 1 aliphatic carbocycles. The standard InChI is InChI=1S/C14H16N2OS/c1-18-12-6-4-11(5-7-12)16-13(17)14(10-15)8-2-3-9-14/h4-7H,2-3,8-9H2,1H3,(H,16,17). The van der Waals surface area contributed by atoms with Crippen molar-refractivity contribution >= 4 is 23.4 Å². The summed E-state index contributed by atoms with van der Waals surface area (Å²) in [5.74, 6) is -0.153. The molecule has 1 aromatic carbocycles. The van der Waals surface area contributed by atoms with Gasteiger partial charge in [-0.2, -0.15) is 5.26 Å². The number of benzene rings is 1. The topological polar surface area (TPSA) is 52.9 Å². The van der Waals surface area contributed by atoms with Crippen LogP contribution in [0.2, 0.25) is 0 Å². The molecule has 0 unspecified atom stereocenters. The van der Waals surface area contributed by atoms with E-state index in [2.05, 4.69) is 11.4 Å². The molecule has 3 nitrogen and oxygen atoms in total. The molecule has 0 aliphatic heterocycles. The molecule has 18 heavy (non-hydrogen) atoms. The van der Waals surface area contributed by atoms with Crippen LogP contribution in [0.15, 0.2) is 29.2 Å². The SMILES string of the molecule is CSc1ccc(NC(=O)C2(C#N)CCCC2)cc1. The van der Waals surface area contributed by atoms with E-state index in [-0.39, 0.29) is 5.91 Å². The van der Waals surface area contributed by atoms with Crippen molar-refractivity contribution in [3.8, 4) is 6.07 Å². The van der Waals surface area contributed by atoms with Gasteiger partial charge in [-0.1, -0.05) is 12.8 Å². The Morgan fingerprint density at radius 2 is 1.94 bits per heavy atom. The number of hydrogen-bond donors (Lipinski definition) is 1. The first kappa shape index (κ1) is 13.0. The highest BCUT2D eigenvalue weighted by molar-refractivity contribution is 7.98. The molecule has 0 saturated heterocycles. The first-order chi connectivity index (χ1) is 8.70. The lowest BCUT2D eigenvalue weighted by molar-refractivity contribution is -0.122. The van der Waals surface area contributed by atoms with Crippen LogP contribution in [0.3, 0.4) is 0 Å². The fraction of sp³-hybridized carbons (Fsp3) is 0.429. The maximum absolute atomic E-state index is 12.2. The Kier molecular flexibility index (Phi) is 3.93. The van der Waals surface area contributed by atoms with Crippen LogP contribution in [0.5, 0.6) is 0 Å². The van der Waals surface area contributed by atoms with Crippen molar-refractivity contribution in [3.63, 3.8) is 0 Å². The minimum Gasteiger partial charge on any atom is -0.325 e. The zero-order valence-corrected chi connectivity index (χ0v) is 11.2. The second-order valence-electron chi connectivity index (χ2n) is 4.58. The molecule has 1 aliphatic rings. The summed E-state index contributed by atoms with van der Waals surface area (Å²) in [4.78, 5) is 13.3. The summed E-state index contributed by atoms with van der Waals surface area (Å²) in [6.45, 7) is 0. The first-order valence-corrected chi connectivity index (χ1v) is 7.29. The fourth-order valence-corrected chi connectivity index (χ4v) is 2.70. The lowest BCUT2D eigenvalue weighted by atomic mass is 9.87. The van der Waals surface area contributed by atoms with Crippen molar-refractivity contribution < 1.29 is 4.79 Å². The molecule has 0 atom stereocenters. The van der Waals surface area contributed by atoms with E-state index in [0.717, 1.165) is 23.4 Å². The average Bonchev–Trinajstić information content (AvgIpc) is 2.89. The molecule has 1 fully saturated rings. The molecule has 4 heteroatoms. The highest BCUT2D eigenvalue weighted by atomic mass is 32.2.